The third-order valence-electron chi connectivity index (χ3n) is 3.90. The van der Waals surface area contributed by atoms with E-state index < -0.39 is 17.9 Å². The molecule has 1 aromatic carbocycles. The molecule has 3 N–H and O–H groups in total. The number of benzene rings is 1. The van der Waals surface area contributed by atoms with Crippen LogP contribution in [0.1, 0.15) is 18.9 Å². The Bertz CT molecular complexity index is 532. The van der Waals surface area contributed by atoms with Gasteiger partial charge in [-0.15, -0.1) is 0 Å². The van der Waals surface area contributed by atoms with E-state index in [9.17, 15) is 14.6 Å². The summed E-state index contributed by atoms with van der Waals surface area (Å²) in [5, 5.41) is 22.4. The van der Waals surface area contributed by atoms with Gasteiger partial charge in [-0.05, 0) is 25.0 Å². The van der Waals surface area contributed by atoms with Gasteiger partial charge in [-0.25, -0.2) is 4.39 Å². The summed E-state index contributed by atoms with van der Waals surface area (Å²) in [5.74, 6) is -0.862. The molecule has 0 fully saturated rings. The highest BCUT2D eigenvalue weighted by Crippen LogP contribution is 2.32. The number of rotatable bonds is 7. The number of aliphatic hydroxyl groups is 2. The fraction of sp³-hybridized carbons (Fsp3) is 0.412. The first-order chi connectivity index (χ1) is 10.5. The van der Waals surface area contributed by atoms with Gasteiger partial charge in [0.05, 0.1) is 18.8 Å². The van der Waals surface area contributed by atoms with Crippen molar-refractivity contribution in [1.82, 2.24) is 5.32 Å². The molecule has 2 rings (SSSR count). The summed E-state index contributed by atoms with van der Waals surface area (Å²) in [7, 11) is 0. The van der Waals surface area contributed by atoms with Crippen LogP contribution in [0.2, 0.25) is 0 Å². The van der Waals surface area contributed by atoms with Gasteiger partial charge in [0.1, 0.15) is 5.83 Å². The minimum atomic E-state index is -1.30. The molecular formula is C17H22FNO3. The molecule has 0 radical (unpaired) electrons. The zero-order valence-corrected chi connectivity index (χ0v) is 12.6. The number of aliphatic hydroxyl groups excluding tert-OH is 2. The van der Waals surface area contributed by atoms with Crippen molar-refractivity contribution in [1.29, 1.82) is 0 Å². The molecular weight excluding hydrogens is 285 g/mol. The Labute approximate surface area is 129 Å². The van der Waals surface area contributed by atoms with Crippen LogP contribution in [0.25, 0.3) is 0 Å². The van der Waals surface area contributed by atoms with Gasteiger partial charge in [-0.2, -0.15) is 0 Å². The van der Waals surface area contributed by atoms with Crippen molar-refractivity contribution in [3.63, 3.8) is 0 Å². The largest absolute Gasteiger partial charge is 0.394 e. The second kappa shape index (κ2) is 7.65. The third kappa shape index (κ3) is 4.24. The first kappa shape index (κ1) is 16.8. The standard InChI is InChI=1S/C17H22FNO3/c1-17(12-20,14-9-5-6-10-15(14)18)19-16(21)22-11-13-7-3-2-4-8-13/h2-8,10,14,16,19-21H,9,11-12H2,1H3. The molecule has 22 heavy (non-hydrogen) atoms. The van der Waals surface area contributed by atoms with Crippen molar-refractivity contribution in [3.05, 3.63) is 60.0 Å². The molecule has 3 atom stereocenters. The first-order valence-electron chi connectivity index (χ1n) is 7.29. The van der Waals surface area contributed by atoms with Crippen LogP contribution in [0.15, 0.2) is 54.4 Å². The Hall–Kier alpha value is -1.53. The quantitative estimate of drug-likeness (QED) is 0.676. The summed E-state index contributed by atoms with van der Waals surface area (Å²) in [6.45, 7) is 1.57. The van der Waals surface area contributed by atoms with E-state index in [1.165, 1.54) is 6.08 Å². The van der Waals surface area contributed by atoms with Gasteiger partial charge in [0.25, 0.3) is 0 Å². The summed E-state index contributed by atoms with van der Waals surface area (Å²) >= 11 is 0. The van der Waals surface area contributed by atoms with E-state index >= 15 is 0 Å². The molecule has 120 valence electrons. The van der Waals surface area contributed by atoms with Crippen LogP contribution < -0.4 is 5.32 Å². The van der Waals surface area contributed by atoms with Crippen molar-refractivity contribution >= 4 is 0 Å². The highest BCUT2D eigenvalue weighted by atomic mass is 19.1. The highest BCUT2D eigenvalue weighted by Gasteiger charge is 2.38. The summed E-state index contributed by atoms with van der Waals surface area (Å²) in [4.78, 5) is 0. The van der Waals surface area contributed by atoms with Crippen molar-refractivity contribution in [2.75, 3.05) is 6.61 Å². The second-order valence-corrected chi connectivity index (χ2v) is 5.64. The lowest BCUT2D eigenvalue weighted by Crippen LogP contribution is -2.56. The molecule has 0 heterocycles. The molecule has 0 saturated heterocycles. The molecule has 0 saturated carbocycles. The molecule has 1 aromatic rings. The summed E-state index contributed by atoms with van der Waals surface area (Å²) in [6, 6.07) is 9.42. The minimum absolute atomic E-state index is 0.222. The molecule has 0 spiro atoms. The predicted octanol–water partition coefficient (Wildman–Crippen LogP) is 2.25. The Balaban J connectivity index is 1.94. The maximum Gasteiger partial charge on any atom is 0.214 e. The number of hydrogen-bond acceptors (Lipinski definition) is 4. The summed E-state index contributed by atoms with van der Waals surface area (Å²) in [6.07, 6.45) is 4.02. The monoisotopic (exact) mass is 307 g/mol. The van der Waals surface area contributed by atoms with Crippen molar-refractivity contribution < 1.29 is 19.3 Å². The van der Waals surface area contributed by atoms with Crippen LogP contribution >= 0.6 is 0 Å². The summed E-state index contributed by atoms with van der Waals surface area (Å²) in [5.41, 5.74) is -0.0951. The lowest BCUT2D eigenvalue weighted by atomic mass is 9.81. The number of halogens is 1. The number of ether oxygens (including phenoxy) is 1. The van der Waals surface area contributed by atoms with E-state index in [2.05, 4.69) is 5.32 Å². The molecule has 5 heteroatoms. The van der Waals surface area contributed by atoms with Crippen molar-refractivity contribution in [3.8, 4) is 0 Å². The molecule has 3 unspecified atom stereocenters. The van der Waals surface area contributed by atoms with Gasteiger partial charge in [-0.1, -0.05) is 42.5 Å². The number of allylic oxidation sites excluding steroid dienone is 3. The average Bonchev–Trinajstić information content (AvgIpc) is 2.54. The van der Waals surface area contributed by atoms with E-state index in [4.69, 9.17) is 4.74 Å². The smallest absolute Gasteiger partial charge is 0.214 e. The van der Waals surface area contributed by atoms with Gasteiger partial charge < -0.3 is 14.9 Å². The van der Waals surface area contributed by atoms with Crippen LogP contribution in [0.5, 0.6) is 0 Å². The molecule has 0 aliphatic heterocycles. The maximum absolute atomic E-state index is 14.0. The van der Waals surface area contributed by atoms with E-state index in [-0.39, 0.29) is 19.0 Å². The van der Waals surface area contributed by atoms with E-state index in [0.717, 1.165) is 5.56 Å². The van der Waals surface area contributed by atoms with Crippen LogP contribution in [0, 0.1) is 5.92 Å². The van der Waals surface area contributed by atoms with Gasteiger partial charge >= 0.3 is 0 Å². The summed E-state index contributed by atoms with van der Waals surface area (Å²) < 4.78 is 19.3. The topological polar surface area (TPSA) is 61.7 Å². The van der Waals surface area contributed by atoms with Gasteiger partial charge in [-0.3, -0.25) is 5.32 Å². The fourth-order valence-corrected chi connectivity index (χ4v) is 2.50. The van der Waals surface area contributed by atoms with Gasteiger partial charge in [0.2, 0.25) is 6.41 Å². The van der Waals surface area contributed by atoms with E-state index in [1.807, 2.05) is 36.4 Å². The zero-order chi connectivity index (χ0) is 16.0. The van der Waals surface area contributed by atoms with Crippen LogP contribution in [-0.2, 0) is 11.3 Å². The second-order valence-electron chi connectivity index (χ2n) is 5.64. The number of nitrogens with one attached hydrogen (secondary N) is 1. The van der Waals surface area contributed by atoms with Crippen molar-refractivity contribution in [2.24, 2.45) is 5.92 Å². The normalized spacial score (nSPS) is 22.0. The predicted molar refractivity (Wildman–Crippen MR) is 82.3 cm³/mol. The highest BCUT2D eigenvalue weighted by molar-refractivity contribution is 5.20. The van der Waals surface area contributed by atoms with Crippen LogP contribution in [0.3, 0.4) is 0 Å². The Morgan fingerprint density at radius 1 is 1.41 bits per heavy atom. The molecule has 1 aliphatic carbocycles. The first-order valence-corrected chi connectivity index (χ1v) is 7.29. The van der Waals surface area contributed by atoms with Gasteiger partial charge in [0, 0.05) is 5.92 Å². The Morgan fingerprint density at radius 3 is 2.77 bits per heavy atom. The van der Waals surface area contributed by atoms with Crippen LogP contribution in [0.4, 0.5) is 4.39 Å². The third-order valence-corrected chi connectivity index (χ3v) is 3.90. The van der Waals surface area contributed by atoms with Gasteiger partial charge in [0.15, 0.2) is 0 Å². The molecule has 0 amide bonds. The Kier molecular flexibility index (Phi) is 5.85. The Morgan fingerprint density at radius 2 is 2.14 bits per heavy atom. The molecule has 0 aromatic heterocycles. The van der Waals surface area contributed by atoms with Crippen LogP contribution in [-0.4, -0.2) is 28.8 Å². The molecule has 1 aliphatic rings. The SMILES string of the molecule is CC(CO)(NC(O)OCc1ccccc1)C1CC=CC=C1F. The van der Waals surface area contributed by atoms with Crippen molar-refractivity contribution in [2.45, 2.75) is 31.9 Å². The lowest BCUT2D eigenvalue weighted by molar-refractivity contribution is -0.150. The van der Waals surface area contributed by atoms with E-state index in [0.29, 0.717) is 6.42 Å². The average molecular weight is 307 g/mol. The minimum Gasteiger partial charge on any atom is -0.394 e. The maximum atomic E-state index is 14.0. The molecule has 0 bridgehead atoms. The number of hydrogen-bond donors (Lipinski definition) is 3. The zero-order valence-electron chi connectivity index (χ0n) is 12.6. The molecule has 4 nitrogen and oxygen atoms in total. The van der Waals surface area contributed by atoms with E-state index in [1.54, 1.807) is 13.0 Å². The lowest BCUT2D eigenvalue weighted by Gasteiger charge is -2.38. The fourth-order valence-electron chi connectivity index (χ4n) is 2.50.